The van der Waals surface area contributed by atoms with Crippen molar-refractivity contribution in [2.75, 3.05) is 77.6 Å². The van der Waals surface area contributed by atoms with Crippen LogP contribution in [0.3, 0.4) is 0 Å². The van der Waals surface area contributed by atoms with Crippen LogP contribution in [-0.4, -0.2) is 77.6 Å². The molecule has 5 nitrogen and oxygen atoms in total. The normalized spacial score (nSPS) is 11.5. The second-order valence-electron chi connectivity index (χ2n) is 8.78. The monoisotopic (exact) mass is 566 g/mol. The van der Waals surface area contributed by atoms with E-state index in [2.05, 4.69) is 84.9 Å². The first-order valence-electron chi connectivity index (χ1n) is 13.5. The zero-order valence-corrected chi connectivity index (χ0v) is 24.1. The summed E-state index contributed by atoms with van der Waals surface area (Å²) in [6.07, 6.45) is 0. The van der Waals surface area contributed by atoms with Crippen LogP contribution in [0.25, 0.3) is 21.5 Å². The third kappa shape index (κ3) is 11.5. The lowest BCUT2D eigenvalue weighted by molar-refractivity contribution is -0.00903. The topological polar surface area (TPSA) is 46.2 Å². The molecule has 0 amide bonds. The molecule has 4 aromatic rings. The predicted octanol–water partition coefficient (Wildman–Crippen LogP) is 6.96. The van der Waals surface area contributed by atoms with Crippen molar-refractivity contribution in [1.82, 2.24) is 0 Å². The summed E-state index contributed by atoms with van der Waals surface area (Å²) in [5.41, 5.74) is 0. The lowest BCUT2D eigenvalue weighted by Gasteiger charge is -2.08. The summed E-state index contributed by atoms with van der Waals surface area (Å²) < 4.78 is 28.0. The average molecular weight is 567 g/mol. The first kappa shape index (κ1) is 29.9. The van der Waals surface area contributed by atoms with Gasteiger partial charge in [-0.1, -0.05) is 60.7 Å². The van der Waals surface area contributed by atoms with Gasteiger partial charge in [-0.15, -0.1) is 23.5 Å². The average Bonchev–Trinajstić information content (AvgIpc) is 2.98. The lowest BCUT2D eigenvalue weighted by atomic mass is 10.1. The minimum atomic E-state index is 0.559. The molecule has 0 aliphatic carbocycles. The van der Waals surface area contributed by atoms with E-state index in [1.54, 1.807) is 0 Å². The van der Waals surface area contributed by atoms with Gasteiger partial charge in [-0.3, -0.25) is 0 Å². The molecule has 0 atom stereocenters. The quantitative estimate of drug-likeness (QED) is 0.0846. The largest absolute Gasteiger partial charge is 0.378 e. The van der Waals surface area contributed by atoms with Crippen molar-refractivity contribution in [3.63, 3.8) is 0 Å². The zero-order chi connectivity index (χ0) is 26.8. The Morgan fingerprint density at radius 3 is 1.08 bits per heavy atom. The molecule has 0 heterocycles. The van der Waals surface area contributed by atoms with Crippen molar-refractivity contribution in [3.05, 3.63) is 84.9 Å². The second-order valence-corrected chi connectivity index (χ2v) is 11.1. The second kappa shape index (κ2) is 18.3. The van der Waals surface area contributed by atoms with Crippen molar-refractivity contribution in [2.45, 2.75) is 9.79 Å². The first-order valence-corrected chi connectivity index (χ1v) is 15.5. The molecular weight excluding hydrogens is 528 g/mol. The van der Waals surface area contributed by atoms with Gasteiger partial charge < -0.3 is 23.7 Å². The first-order chi connectivity index (χ1) is 19.4. The third-order valence-corrected chi connectivity index (χ3v) is 7.84. The SMILES string of the molecule is c1ccc2cc(SCCOCCOCCOCCOCCOCCSc3ccc4ccccc4c3)ccc2c1. The van der Waals surface area contributed by atoms with E-state index in [0.29, 0.717) is 66.1 Å². The summed E-state index contributed by atoms with van der Waals surface area (Å²) in [4.78, 5) is 2.54. The van der Waals surface area contributed by atoms with Gasteiger partial charge in [0.25, 0.3) is 0 Å². The van der Waals surface area contributed by atoms with Crippen molar-refractivity contribution >= 4 is 45.1 Å². The Hall–Kier alpha value is -2.10. The van der Waals surface area contributed by atoms with E-state index in [-0.39, 0.29) is 0 Å². The zero-order valence-electron chi connectivity index (χ0n) is 22.4. The molecule has 0 aliphatic rings. The molecule has 0 unspecified atom stereocenters. The Labute approximate surface area is 240 Å². The molecule has 208 valence electrons. The number of rotatable bonds is 20. The lowest BCUT2D eigenvalue weighted by Crippen LogP contribution is -2.13. The number of hydrogen-bond acceptors (Lipinski definition) is 7. The van der Waals surface area contributed by atoms with E-state index >= 15 is 0 Å². The Kier molecular flexibility index (Phi) is 14.0. The molecule has 4 aromatic carbocycles. The number of benzene rings is 4. The molecule has 0 fully saturated rings. The summed E-state index contributed by atoms with van der Waals surface area (Å²) >= 11 is 3.63. The van der Waals surface area contributed by atoms with Gasteiger partial charge in [0.1, 0.15) is 0 Å². The van der Waals surface area contributed by atoms with Crippen LogP contribution in [0.1, 0.15) is 0 Å². The maximum absolute atomic E-state index is 5.67. The molecule has 39 heavy (non-hydrogen) atoms. The Balaban J connectivity index is 0.869. The fourth-order valence-corrected chi connectivity index (χ4v) is 5.56. The van der Waals surface area contributed by atoms with Crippen LogP contribution in [0.5, 0.6) is 0 Å². The van der Waals surface area contributed by atoms with Gasteiger partial charge in [0, 0.05) is 21.3 Å². The molecule has 0 bridgehead atoms. The van der Waals surface area contributed by atoms with Crippen molar-refractivity contribution in [2.24, 2.45) is 0 Å². The molecule has 0 spiro atoms. The van der Waals surface area contributed by atoms with E-state index in [4.69, 9.17) is 23.7 Å². The van der Waals surface area contributed by atoms with Gasteiger partial charge >= 0.3 is 0 Å². The van der Waals surface area contributed by atoms with Gasteiger partial charge in [-0.25, -0.2) is 0 Å². The number of fused-ring (bicyclic) bond motifs is 2. The van der Waals surface area contributed by atoms with Crippen LogP contribution in [0, 0.1) is 0 Å². The minimum Gasteiger partial charge on any atom is -0.378 e. The van der Waals surface area contributed by atoms with E-state index < -0.39 is 0 Å². The minimum absolute atomic E-state index is 0.559. The molecule has 0 saturated heterocycles. The highest BCUT2D eigenvalue weighted by Gasteiger charge is 1.99. The van der Waals surface area contributed by atoms with Crippen LogP contribution in [0.15, 0.2) is 94.7 Å². The van der Waals surface area contributed by atoms with Gasteiger partial charge in [-0.05, 0) is 45.8 Å². The Bertz CT molecular complexity index is 1140. The molecule has 0 aliphatic heterocycles. The molecule has 0 N–H and O–H groups in total. The van der Waals surface area contributed by atoms with Crippen LogP contribution >= 0.6 is 23.5 Å². The molecule has 4 rings (SSSR count). The van der Waals surface area contributed by atoms with Crippen molar-refractivity contribution in [1.29, 1.82) is 0 Å². The van der Waals surface area contributed by atoms with E-state index in [9.17, 15) is 0 Å². The highest BCUT2D eigenvalue weighted by atomic mass is 32.2. The predicted molar refractivity (Wildman–Crippen MR) is 163 cm³/mol. The fraction of sp³-hybridized carbons (Fsp3) is 0.375. The van der Waals surface area contributed by atoms with Crippen molar-refractivity contribution in [3.8, 4) is 0 Å². The molecule has 7 heteroatoms. The summed E-state index contributed by atoms with van der Waals surface area (Å²) in [6, 6.07) is 30.0. The fourth-order valence-electron chi connectivity index (χ4n) is 3.93. The highest BCUT2D eigenvalue weighted by Crippen LogP contribution is 2.24. The smallest absolute Gasteiger partial charge is 0.0701 e. The highest BCUT2D eigenvalue weighted by molar-refractivity contribution is 7.99. The van der Waals surface area contributed by atoms with Gasteiger partial charge in [0.05, 0.1) is 66.1 Å². The summed E-state index contributed by atoms with van der Waals surface area (Å²) in [5.74, 6) is 1.85. The van der Waals surface area contributed by atoms with Gasteiger partial charge in [0.15, 0.2) is 0 Å². The molecule has 0 aromatic heterocycles. The number of ether oxygens (including phenoxy) is 5. The van der Waals surface area contributed by atoms with Gasteiger partial charge in [-0.2, -0.15) is 0 Å². The Morgan fingerprint density at radius 2 is 0.692 bits per heavy atom. The third-order valence-electron chi connectivity index (χ3n) is 5.92. The van der Waals surface area contributed by atoms with Gasteiger partial charge in [0.2, 0.25) is 0 Å². The van der Waals surface area contributed by atoms with Crippen molar-refractivity contribution < 1.29 is 23.7 Å². The summed E-state index contributed by atoms with van der Waals surface area (Å²) in [7, 11) is 0. The number of hydrogen-bond donors (Lipinski definition) is 0. The van der Waals surface area contributed by atoms with Crippen LogP contribution in [0.2, 0.25) is 0 Å². The maximum Gasteiger partial charge on any atom is 0.0701 e. The molecular formula is C32H38O5S2. The number of thioether (sulfide) groups is 2. The van der Waals surface area contributed by atoms with E-state index in [1.165, 1.54) is 31.3 Å². The van der Waals surface area contributed by atoms with E-state index in [1.807, 2.05) is 23.5 Å². The summed E-state index contributed by atoms with van der Waals surface area (Å²) in [6.45, 7) is 6.02. The van der Waals surface area contributed by atoms with E-state index in [0.717, 1.165) is 11.5 Å². The van der Waals surface area contributed by atoms with Crippen LogP contribution in [-0.2, 0) is 23.7 Å². The summed E-state index contributed by atoms with van der Waals surface area (Å²) in [5, 5.41) is 5.10. The maximum atomic E-state index is 5.67. The molecule has 0 radical (unpaired) electrons. The standard InChI is InChI=1S/C32H38O5S2/c1-3-7-29-25-31(11-9-27(29)5-1)38-23-21-36-19-17-34-15-13-33-14-16-35-18-20-37-22-24-39-32-12-10-28-6-2-4-8-30(28)26-32/h1-12,25-26H,13-24H2. The van der Waals surface area contributed by atoms with Crippen LogP contribution in [0.4, 0.5) is 0 Å². The molecule has 0 saturated carbocycles. The Morgan fingerprint density at radius 1 is 0.359 bits per heavy atom. The van der Waals surface area contributed by atoms with Crippen LogP contribution < -0.4 is 0 Å².